The number of carboxylic acids is 2. The van der Waals surface area contributed by atoms with E-state index in [-0.39, 0.29) is 0 Å². The molecule has 0 saturated carbocycles. The zero-order valence-corrected chi connectivity index (χ0v) is 71.7. The molecule has 4 amide bonds. The molecule has 9 aliphatic heterocycles. The number of carboxylic acid groups (broad SMARTS) is 2. The molecule has 0 aromatic rings. The van der Waals surface area contributed by atoms with Crippen LogP contribution in [0, 0.1) is 0 Å². The van der Waals surface area contributed by atoms with E-state index < -0.39 is 420 Å². The molecule has 0 bridgehead atoms. The third-order valence-electron chi connectivity index (χ3n) is 24.0. The largest absolute Gasteiger partial charge is 0.477 e. The van der Waals surface area contributed by atoms with Gasteiger partial charge < -0.3 is 265 Å². The lowest BCUT2D eigenvalue weighted by atomic mass is 9.88. The smallest absolute Gasteiger partial charge is 0.364 e. The number of nitrogens with one attached hydrogen (secondary N) is 4. The molecule has 133 heavy (non-hydrogen) atoms. The number of rotatable bonds is 40. The minimum atomic E-state index is -3.45. The fraction of sp³-hybridized carbons (Fsp3) is 0.919. The highest BCUT2D eigenvalue weighted by atomic mass is 16.8. The van der Waals surface area contributed by atoms with Gasteiger partial charge in [0.15, 0.2) is 44.0 Å². The molecule has 9 fully saturated rings. The quantitative estimate of drug-likeness (QED) is 0.0271. The van der Waals surface area contributed by atoms with Crippen molar-refractivity contribution in [2.75, 3.05) is 59.5 Å². The monoisotopic (exact) mass is 1950 g/mol. The lowest BCUT2D eigenvalue weighted by molar-refractivity contribution is -0.399. The molecule has 59 nitrogen and oxygen atoms in total. The van der Waals surface area contributed by atoms with Crippen molar-refractivity contribution in [3.63, 3.8) is 0 Å². The molecule has 9 heterocycles. The molecule has 0 aromatic heterocycles. The Bertz CT molecular complexity index is 3700. The molecule has 9 rings (SSSR count). The Morgan fingerprint density at radius 3 is 1.17 bits per heavy atom. The number of ether oxygens (including phenoxy) is 18. The van der Waals surface area contributed by atoms with Crippen LogP contribution in [0.25, 0.3) is 0 Å². The zero-order chi connectivity index (χ0) is 99.1. The summed E-state index contributed by atoms with van der Waals surface area (Å²) < 4.78 is 107. The van der Waals surface area contributed by atoms with Crippen molar-refractivity contribution in [2.24, 2.45) is 0 Å². The van der Waals surface area contributed by atoms with Crippen molar-refractivity contribution in [3.8, 4) is 0 Å². The molecule has 9 saturated heterocycles. The van der Waals surface area contributed by atoms with Gasteiger partial charge in [-0.1, -0.05) is 0 Å². The molecule has 0 aromatic carbocycles. The number of aliphatic hydroxyl groups excluding tert-OH is 29. The highest BCUT2D eigenvalue weighted by Crippen LogP contribution is 2.43. The highest BCUT2D eigenvalue weighted by molar-refractivity contribution is 5.78. The van der Waals surface area contributed by atoms with Crippen LogP contribution in [0.5, 0.6) is 0 Å². The average Bonchev–Trinajstić information content (AvgIpc) is 0.746. The Kier molecular flexibility index (Phi) is 40.2. The maximum atomic E-state index is 13.9. The van der Waals surface area contributed by atoms with Crippen LogP contribution in [0.2, 0.25) is 0 Å². The van der Waals surface area contributed by atoms with Crippen molar-refractivity contribution >= 4 is 35.6 Å². The summed E-state index contributed by atoms with van der Waals surface area (Å²) in [6.45, 7) is -6.02. The van der Waals surface area contributed by atoms with E-state index in [1.54, 1.807) is 0 Å². The van der Waals surface area contributed by atoms with Crippen molar-refractivity contribution in [2.45, 2.75) is 366 Å². The van der Waals surface area contributed by atoms with Crippen LogP contribution in [0.3, 0.4) is 0 Å². The van der Waals surface area contributed by atoms with Gasteiger partial charge in [-0.15, -0.1) is 0 Å². The second-order valence-corrected chi connectivity index (χ2v) is 33.6. The first kappa shape index (κ1) is 112. The van der Waals surface area contributed by atoms with Crippen molar-refractivity contribution in [1.82, 2.24) is 21.3 Å². The number of carbonyl (C=O) groups excluding carboxylic acids is 4. The minimum Gasteiger partial charge on any atom is -0.477 e. The molecule has 59 heteroatoms. The average molecular weight is 1950 g/mol. The van der Waals surface area contributed by atoms with Gasteiger partial charge in [-0.3, -0.25) is 19.2 Å². The number of carbonyl (C=O) groups is 6. The predicted octanol–water partition coefficient (Wildman–Crippen LogP) is -22.1. The Morgan fingerprint density at radius 1 is 0.338 bits per heavy atom. The van der Waals surface area contributed by atoms with Crippen LogP contribution in [-0.2, 0) is 114 Å². The summed E-state index contributed by atoms with van der Waals surface area (Å²) in [7, 11) is 0. The summed E-state index contributed by atoms with van der Waals surface area (Å²) in [5.74, 6) is -14.9. The molecule has 0 unspecified atom stereocenters. The van der Waals surface area contributed by atoms with Crippen LogP contribution in [-0.4, -0.2) is 565 Å². The Labute approximate surface area is 752 Å². The highest BCUT2D eigenvalue weighted by Gasteiger charge is 2.65. The first-order valence-electron chi connectivity index (χ1n) is 42.0. The first-order valence-corrected chi connectivity index (χ1v) is 42.0. The van der Waals surface area contributed by atoms with E-state index in [0.717, 1.165) is 27.7 Å². The molecule has 9 aliphatic rings. The number of hydrogen-bond acceptors (Lipinski definition) is 53. The molecule has 0 spiro atoms. The van der Waals surface area contributed by atoms with Crippen LogP contribution in [0.4, 0.5) is 0 Å². The first-order chi connectivity index (χ1) is 62.4. The van der Waals surface area contributed by atoms with Gasteiger partial charge in [-0.25, -0.2) is 9.59 Å². The van der Waals surface area contributed by atoms with E-state index in [2.05, 4.69) is 21.3 Å². The van der Waals surface area contributed by atoms with E-state index in [1.165, 1.54) is 13.8 Å². The van der Waals surface area contributed by atoms with E-state index in [4.69, 9.17) is 85.3 Å². The molecule has 51 atom stereocenters. The van der Waals surface area contributed by atoms with E-state index in [0.29, 0.717) is 0 Å². The SMILES string of the molecule is CC(=O)N[C@H]1[C@H](OC[C@H]2O[C@@H](O[C@@H]([C@H](O[C@@H]3O[C@@H](C)[C@@H](O)[C@@H](O)[C@@H]3O)[C@@H](O)CO)[C@H](O)CO)[C@H](O)[C@@H](O[C@@H]3O[C@H](CO)[C@@H](O[C@@H]4O[C@@H](C)[C@@H](O)[C@@H](O)[C@@H]4O)[C@H](O[C@@H]4O[C@H](CO)[C@H](O)[C@H](O[C@]5(C(=O)O)C[C@H](O)[C@@H](NC(C)=O)[C@H]([C@H](O)[C@H](O)CO)O5)[C@H]4O)[C@H]3NC(C)=O)[C@H]2O)O[C@H](CO)[C@@H](O[C@@H]2O[C@H](CO[C@]3(C(=O)O)C[C@H](O)[C@@H](NC(C)=O)[C@H]([C@H](O)[C@H](O)CO)O3)[C@H](O)[C@H](O)[C@H]2O)[C@@H]1O. The molecular formula is C74H124N4O55. The Hall–Kier alpha value is -5.06. The lowest BCUT2D eigenvalue weighted by Crippen LogP contribution is -2.72. The molecule has 0 radical (unpaired) electrons. The van der Waals surface area contributed by atoms with E-state index in [1.807, 2.05) is 0 Å². The maximum absolute atomic E-state index is 13.9. The number of hydrogen-bond donors (Lipinski definition) is 35. The van der Waals surface area contributed by atoms with Gasteiger partial charge in [-0.2, -0.15) is 0 Å². The van der Waals surface area contributed by atoms with Gasteiger partial charge in [0.05, 0.1) is 96.0 Å². The minimum absolute atomic E-state index is 0.800. The predicted molar refractivity (Wildman–Crippen MR) is 410 cm³/mol. The summed E-state index contributed by atoms with van der Waals surface area (Å²) in [5, 5.41) is 356. The second kappa shape index (κ2) is 47.9. The van der Waals surface area contributed by atoms with Crippen LogP contribution in [0.1, 0.15) is 54.4 Å². The number of aliphatic hydroxyl groups is 29. The van der Waals surface area contributed by atoms with Crippen molar-refractivity contribution < 1.29 is 272 Å². The number of amides is 4. The summed E-state index contributed by atoms with van der Waals surface area (Å²) >= 11 is 0. The normalized spacial score (nSPS) is 45.0. The van der Waals surface area contributed by atoms with E-state index in [9.17, 15) is 187 Å². The third kappa shape index (κ3) is 25.1. The summed E-state index contributed by atoms with van der Waals surface area (Å²) in [6, 6.07) is -7.93. The molecule has 770 valence electrons. The van der Waals surface area contributed by atoms with Crippen molar-refractivity contribution in [3.05, 3.63) is 0 Å². The number of aliphatic carboxylic acids is 2. The van der Waals surface area contributed by atoms with Crippen LogP contribution < -0.4 is 21.3 Å². The standard InChI is InChI=1S/C74H124N4O55/c1-18-39(96)47(104)50(107)66(118-18)125-55(28(94)11-81)56(29(95)12-82)126-69-53(110)62(45(102)33(123-69)16-116-64-37(77-22(5)88)46(103)57(31(14-84)121-64)127-68-52(109)49(106)43(100)34(124-68)17-117-73(71(112)113)7-24(90)35(75-20(3)86)59(131-73)41(98)26(92)9-79)130-65-38(78-23(6)89)61(58(32(15-85)122-65)128-67-51(108)48(105)40(97)19(2)119-67)129-70-54(111)63(44(101)30(13-83)120-70)133-74(72(114)115)8-25(91)36(76-21(4)87)60(132-74)42(99)27(93)10-80/h18-19,24-70,79-85,90-111H,7-17H2,1-6H3,(H,75,86)(H,76,87)(H,77,88)(H,78,89)(H,112,113)(H,114,115)/t18-,19-,24-,25-,26+,27+,28-,29+,30+,31+,32+,33+,34+,35+,36+,37+,38+,39+,40+,41+,42+,43-,44-,45-,46+,47+,48+,49-,50-,51-,52+,53+,54+,55+,56+,57+,58+,59+,60+,61+,62-,63-,64+,65-,66-,67-,68-,69-,70-,73+,74-/m0/s1. The summed E-state index contributed by atoms with van der Waals surface area (Å²) in [6.07, 6.45) is -105. The summed E-state index contributed by atoms with van der Waals surface area (Å²) in [4.78, 5) is 78.4. The summed E-state index contributed by atoms with van der Waals surface area (Å²) in [5.41, 5.74) is 0. The van der Waals surface area contributed by atoms with E-state index >= 15 is 0 Å². The Balaban J connectivity index is 1.09. The zero-order valence-electron chi connectivity index (χ0n) is 71.7. The fourth-order valence-electron chi connectivity index (χ4n) is 16.7. The maximum Gasteiger partial charge on any atom is 0.364 e. The van der Waals surface area contributed by atoms with Gasteiger partial charge >= 0.3 is 11.9 Å². The van der Waals surface area contributed by atoms with Gasteiger partial charge in [0.1, 0.15) is 220 Å². The van der Waals surface area contributed by atoms with Crippen LogP contribution >= 0.6 is 0 Å². The molecule has 0 aliphatic carbocycles. The van der Waals surface area contributed by atoms with Gasteiger partial charge in [0.25, 0.3) is 11.6 Å². The molecular weight excluding hydrogens is 1820 g/mol. The fourth-order valence-corrected chi connectivity index (χ4v) is 16.7. The van der Waals surface area contributed by atoms with Gasteiger partial charge in [0.2, 0.25) is 23.6 Å². The molecule has 35 N–H and O–H groups in total. The van der Waals surface area contributed by atoms with Gasteiger partial charge in [-0.05, 0) is 13.8 Å². The third-order valence-corrected chi connectivity index (χ3v) is 24.0. The Morgan fingerprint density at radius 2 is 0.692 bits per heavy atom. The topological polar surface area (TPSA) is 944 Å². The van der Waals surface area contributed by atoms with Crippen LogP contribution in [0.15, 0.2) is 0 Å². The van der Waals surface area contributed by atoms with Gasteiger partial charge in [0, 0.05) is 40.5 Å². The second-order valence-electron chi connectivity index (χ2n) is 33.6. The lowest BCUT2D eigenvalue weighted by Gasteiger charge is -2.52. The van der Waals surface area contributed by atoms with Crippen molar-refractivity contribution in [1.29, 1.82) is 0 Å².